The Hall–Kier alpha value is -2.80. The number of carbonyl (C=O) groups excluding carboxylic acids is 2. The van der Waals surface area contributed by atoms with E-state index < -0.39 is 18.5 Å². The second-order valence-electron chi connectivity index (χ2n) is 5.58. The number of esters is 1. The van der Waals surface area contributed by atoms with Crippen molar-refractivity contribution in [3.05, 3.63) is 58.1 Å². The van der Waals surface area contributed by atoms with Crippen molar-refractivity contribution < 1.29 is 23.8 Å². The minimum absolute atomic E-state index is 0.390. The lowest BCUT2D eigenvalue weighted by Gasteiger charge is -2.08. The van der Waals surface area contributed by atoms with Gasteiger partial charge in [-0.15, -0.1) is 0 Å². The van der Waals surface area contributed by atoms with Crippen molar-refractivity contribution in [3.63, 3.8) is 0 Å². The predicted octanol–water partition coefficient (Wildman–Crippen LogP) is 3.97. The quantitative estimate of drug-likeness (QED) is 0.528. The topological polar surface area (TPSA) is 73.9 Å². The van der Waals surface area contributed by atoms with Crippen LogP contribution in [0.25, 0.3) is 6.08 Å². The molecule has 0 saturated heterocycles. The zero-order valence-corrected chi connectivity index (χ0v) is 16.8. The summed E-state index contributed by atoms with van der Waals surface area (Å²) < 4.78 is 16.1. The summed E-state index contributed by atoms with van der Waals surface area (Å²) in [5.74, 6) is 0.145. The number of anilines is 1. The predicted molar refractivity (Wildman–Crippen MR) is 107 cm³/mol. The molecule has 0 aromatic heterocycles. The summed E-state index contributed by atoms with van der Waals surface area (Å²) in [4.78, 5) is 23.8. The van der Waals surface area contributed by atoms with E-state index >= 15 is 0 Å². The van der Waals surface area contributed by atoms with E-state index in [9.17, 15) is 9.59 Å². The van der Waals surface area contributed by atoms with E-state index in [0.717, 1.165) is 10.0 Å². The Morgan fingerprint density at radius 3 is 2.56 bits per heavy atom. The standard InChI is InChI=1S/C20H20BrNO5/c1-13-4-7-17(16(21)10-13)22-19(23)12-27-20(24)9-5-14-11-15(25-2)6-8-18(14)26-3/h4-11H,12H2,1-3H3,(H,22,23)/b9-5+. The number of benzene rings is 2. The molecule has 142 valence electrons. The molecule has 0 aliphatic heterocycles. The van der Waals surface area contributed by atoms with Gasteiger partial charge in [-0.2, -0.15) is 0 Å². The molecule has 0 radical (unpaired) electrons. The van der Waals surface area contributed by atoms with Crippen molar-refractivity contribution in [2.24, 2.45) is 0 Å². The van der Waals surface area contributed by atoms with Crippen molar-refractivity contribution in [1.29, 1.82) is 0 Å². The van der Waals surface area contributed by atoms with Crippen LogP contribution in [0.5, 0.6) is 11.5 Å². The van der Waals surface area contributed by atoms with Gasteiger partial charge < -0.3 is 19.5 Å². The maximum Gasteiger partial charge on any atom is 0.331 e. The number of carbonyl (C=O) groups is 2. The molecule has 0 atom stereocenters. The molecule has 0 aliphatic rings. The first-order valence-corrected chi connectivity index (χ1v) is 8.85. The highest BCUT2D eigenvalue weighted by molar-refractivity contribution is 9.10. The normalized spacial score (nSPS) is 10.5. The van der Waals surface area contributed by atoms with Crippen LogP contribution in [-0.2, 0) is 14.3 Å². The fourth-order valence-electron chi connectivity index (χ4n) is 2.22. The van der Waals surface area contributed by atoms with Gasteiger partial charge in [-0.3, -0.25) is 4.79 Å². The molecular weight excluding hydrogens is 414 g/mol. The van der Waals surface area contributed by atoms with Gasteiger partial charge in [-0.1, -0.05) is 6.07 Å². The van der Waals surface area contributed by atoms with Gasteiger partial charge in [0.2, 0.25) is 0 Å². The summed E-state index contributed by atoms with van der Waals surface area (Å²) in [5, 5.41) is 2.68. The van der Waals surface area contributed by atoms with E-state index in [1.807, 2.05) is 19.1 Å². The molecule has 27 heavy (non-hydrogen) atoms. The largest absolute Gasteiger partial charge is 0.497 e. The van der Waals surface area contributed by atoms with E-state index in [-0.39, 0.29) is 0 Å². The summed E-state index contributed by atoms with van der Waals surface area (Å²) in [6, 6.07) is 10.7. The Bertz CT molecular complexity index is 863. The lowest BCUT2D eigenvalue weighted by molar-refractivity contribution is -0.142. The van der Waals surface area contributed by atoms with Gasteiger partial charge in [0.05, 0.1) is 19.9 Å². The average molecular weight is 434 g/mol. The molecule has 0 aliphatic carbocycles. The molecule has 7 heteroatoms. The van der Waals surface area contributed by atoms with Crippen molar-refractivity contribution in [3.8, 4) is 11.5 Å². The van der Waals surface area contributed by atoms with Gasteiger partial charge in [-0.05, 0) is 64.8 Å². The van der Waals surface area contributed by atoms with Crippen LogP contribution in [0.4, 0.5) is 5.69 Å². The van der Waals surface area contributed by atoms with E-state index in [4.69, 9.17) is 14.2 Å². The van der Waals surface area contributed by atoms with E-state index in [2.05, 4.69) is 21.2 Å². The molecular formula is C20H20BrNO5. The molecule has 1 amide bonds. The number of hydrogen-bond donors (Lipinski definition) is 1. The molecule has 0 saturated carbocycles. The molecule has 0 spiro atoms. The molecule has 2 aromatic rings. The molecule has 0 unspecified atom stereocenters. The summed E-state index contributed by atoms with van der Waals surface area (Å²) in [6.07, 6.45) is 2.77. The summed E-state index contributed by atoms with van der Waals surface area (Å²) in [7, 11) is 3.08. The van der Waals surface area contributed by atoms with Crippen LogP contribution in [0.1, 0.15) is 11.1 Å². The first-order chi connectivity index (χ1) is 12.9. The minimum atomic E-state index is -0.641. The lowest BCUT2D eigenvalue weighted by atomic mass is 10.1. The van der Waals surface area contributed by atoms with E-state index in [1.165, 1.54) is 19.3 Å². The first kappa shape index (κ1) is 20.5. The van der Waals surface area contributed by atoms with E-state index in [1.54, 1.807) is 31.4 Å². The zero-order chi connectivity index (χ0) is 19.8. The van der Waals surface area contributed by atoms with Crippen LogP contribution in [0, 0.1) is 6.92 Å². The Labute approximate surface area is 166 Å². The number of nitrogens with one attached hydrogen (secondary N) is 1. The monoisotopic (exact) mass is 433 g/mol. The number of halogens is 1. The van der Waals surface area contributed by atoms with E-state index in [0.29, 0.717) is 22.7 Å². The SMILES string of the molecule is COc1ccc(OC)c(/C=C/C(=O)OCC(=O)Nc2ccc(C)cc2Br)c1. The molecule has 2 aromatic carbocycles. The number of amides is 1. The van der Waals surface area contributed by atoms with Gasteiger partial charge in [0.15, 0.2) is 6.61 Å². The van der Waals surface area contributed by atoms with Crippen LogP contribution in [0.15, 0.2) is 46.9 Å². The van der Waals surface area contributed by atoms with Crippen LogP contribution in [-0.4, -0.2) is 32.7 Å². The smallest absolute Gasteiger partial charge is 0.331 e. The highest BCUT2D eigenvalue weighted by Gasteiger charge is 2.09. The van der Waals surface area contributed by atoms with Crippen molar-refractivity contribution in [2.75, 3.05) is 26.1 Å². The van der Waals surface area contributed by atoms with Crippen LogP contribution < -0.4 is 14.8 Å². The Morgan fingerprint density at radius 1 is 1.11 bits per heavy atom. The fraction of sp³-hybridized carbons (Fsp3) is 0.200. The second kappa shape index (κ2) is 9.78. The molecule has 0 fully saturated rings. The zero-order valence-electron chi connectivity index (χ0n) is 15.2. The lowest BCUT2D eigenvalue weighted by Crippen LogP contribution is -2.20. The van der Waals surface area contributed by atoms with Crippen LogP contribution in [0.2, 0.25) is 0 Å². The number of aryl methyl sites for hydroxylation is 1. The molecule has 6 nitrogen and oxygen atoms in total. The second-order valence-corrected chi connectivity index (χ2v) is 6.43. The number of rotatable bonds is 7. The Morgan fingerprint density at radius 2 is 1.89 bits per heavy atom. The van der Waals surface area contributed by atoms with Crippen molar-refractivity contribution >= 4 is 39.6 Å². The summed E-state index contributed by atoms with van der Waals surface area (Å²) in [5.41, 5.74) is 2.32. The van der Waals surface area contributed by atoms with Crippen LogP contribution >= 0.6 is 15.9 Å². The maximum atomic E-state index is 11.9. The van der Waals surface area contributed by atoms with Crippen LogP contribution in [0.3, 0.4) is 0 Å². The Balaban J connectivity index is 1.92. The average Bonchev–Trinajstić information content (AvgIpc) is 2.66. The maximum absolute atomic E-state index is 11.9. The van der Waals surface area contributed by atoms with Gasteiger partial charge in [0.25, 0.3) is 5.91 Å². The number of ether oxygens (including phenoxy) is 3. The molecule has 0 heterocycles. The number of methoxy groups -OCH3 is 2. The third-order valence-corrected chi connectivity index (χ3v) is 4.24. The fourth-order valence-corrected chi connectivity index (χ4v) is 2.81. The summed E-state index contributed by atoms with van der Waals surface area (Å²) >= 11 is 3.38. The van der Waals surface area contributed by atoms with Gasteiger partial charge in [-0.25, -0.2) is 4.79 Å². The third-order valence-electron chi connectivity index (χ3n) is 3.58. The van der Waals surface area contributed by atoms with Gasteiger partial charge >= 0.3 is 5.97 Å². The minimum Gasteiger partial charge on any atom is -0.497 e. The first-order valence-electron chi connectivity index (χ1n) is 8.06. The van der Waals surface area contributed by atoms with Gasteiger partial charge in [0, 0.05) is 16.1 Å². The highest BCUT2D eigenvalue weighted by atomic mass is 79.9. The highest BCUT2D eigenvalue weighted by Crippen LogP contribution is 2.25. The summed E-state index contributed by atoms with van der Waals surface area (Å²) in [6.45, 7) is 1.56. The molecule has 2 rings (SSSR count). The molecule has 0 bridgehead atoms. The third kappa shape index (κ3) is 6.14. The Kier molecular flexibility index (Phi) is 7.43. The van der Waals surface area contributed by atoms with Gasteiger partial charge in [0.1, 0.15) is 11.5 Å². The van der Waals surface area contributed by atoms with Crippen molar-refractivity contribution in [2.45, 2.75) is 6.92 Å². The number of hydrogen-bond acceptors (Lipinski definition) is 5. The van der Waals surface area contributed by atoms with Crippen molar-refractivity contribution in [1.82, 2.24) is 0 Å². The molecule has 1 N–H and O–H groups in total.